The molecule has 4 fully saturated rings. The molecule has 2 heterocycles. The molecule has 6 aliphatic rings. The summed E-state index contributed by atoms with van der Waals surface area (Å²) in [5.41, 5.74) is 2.12. The molecule has 0 aromatic heterocycles. The SMILES string of the molecule is CC(=O)OC/C=C1\CC[C@]12CC[C@@]1(O)[C@H]3Cc4ccc(O)c5c4[C@@]1(CCN3CC1CC1)[C@H]2O5. The molecule has 176 valence electrons. The zero-order valence-corrected chi connectivity index (χ0v) is 19.3. The average molecular weight is 452 g/mol. The van der Waals surface area contributed by atoms with Crippen LogP contribution in [0.4, 0.5) is 0 Å². The third-order valence-corrected chi connectivity index (χ3v) is 10.1. The summed E-state index contributed by atoms with van der Waals surface area (Å²) in [5.74, 6) is 1.32. The monoisotopic (exact) mass is 451 g/mol. The van der Waals surface area contributed by atoms with Gasteiger partial charge in [0.1, 0.15) is 12.7 Å². The highest BCUT2D eigenvalue weighted by Crippen LogP contribution is 2.72. The summed E-state index contributed by atoms with van der Waals surface area (Å²) in [6.45, 7) is 3.79. The first-order valence-corrected chi connectivity index (χ1v) is 12.7. The van der Waals surface area contributed by atoms with E-state index in [1.165, 1.54) is 30.9 Å². The van der Waals surface area contributed by atoms with Crippen LogP contribution in [0.25, 0.3) is 0 Å². The van der Waals surface area contributed by atoms with Crippen molar-refractivity contribution in [3.05, 3.63) is 34.9 Å². The molecule has 0 amide bonds. The van der Waals surface area contributed by atoms with Crippen LogP contribution in [0.1, 0.15) is 63.0 Å². The first-order valence-electron chi connectivity index (χ1n) is 12.7. The van der Waals surface area contributed by atoms with E-state index in [4.69, 9.17) is 9.47 Å². The molecule has 0 unspecified atom stereocenters. The quantitative estimate of drug-likeness (QED) is 0.541. The number of fused-ring (bicyclic) bond motifs is 1. The van der Waals surface area contributed by atoms with Crippen molar-refractivity contribution in [2.75, 3.05) is 19.7 Å². The highest BCUT2D eigenvalue weighted by Gasteiger charge is 2.77. The first-order chi connectivity index (χ1) is 15.9. The van der Waals surface area contributed by atoms with Crippen LogP contribution in [0.3, 0.4) is 0 Å². The molecule has 2 bridgehead atoms. The lowest BCUT2D eigenvalue weighted by Gasteiger charge is -2.68. The van der Waals surface area contributed by atoms with Gasteiger partial charge < -0.3 is 19.7 Å². The Balaban J connectivity index is 1.35. The maximum Gasteiger partial charge on any atom is 0.302 e. The van der Waals surface area contributed by atoms with E-state index in [-0.39, 0.29) is 35.9 Å². The molecule has 33 heavy (non-hydrogen) atoms. The number of benzene rings is 1. The lowest BCUT2D eigenvalue weighted by molar-refractivity contribution is -0.218. The van der Waals surface area contributed by atoms with Crippen LogP contribution in [0.15, 0.2) is 23.8 Å². The second-order valence-corrected chi connectivity index (χ2v) is 11.4. The number of hydrogen-bond donors (Lipinski definition) is 2. The summed E-state index contributed by atoms with van der Waals surface area (Å²) in [6.07, 6.45) is 9.81. The number of carbonyl (C=O) groups excluding carboxylic acids is 1. The normalized spacial score (nSPS) is 41.5. The number of nitrogens with zero attached hydrogens (tertiary/aromatic N) is 1. The molecular formula is C27H33NO5. The summed E-state index contributed by atoms with van der Waals surface area (Å²) in [5, 5.41) is 23.4. The van der Waals surface area contributed by atoms with E-state index in [0.717, 1.165) is 63.1 Å². The van der Waals surface area contributed by atoms with E-state index in [9.17, 15) is 15.0 Å². The average Bonchev–Trinajstić information content (AvgIpc) is 3.51. The lowest BCUT2D eigenvalue weighted by atomic mass is 9.40. The van der Waals surface area contributed by atoms with Crippen LogP contribution in [0.5, 0.6) is 11.5 Å². The molecule has 1 aromatic carbocycles. The molecule has 1 aromatic rings. The number of ether oxygens (including phenoxy) is 2. The Labute approximate surface area is 194 Å². The van der Waals surface area contributed by atoms with E-state index in [1.807, 2.05) is 0 Å². The van der Waals surface area contributed by atoms with Gasteiger partial charge in [-0.1, -0.05) is 11.6 Å². The van der Waals surface area contributed by atoms with Gasteiger partial charge in [0.25, 0.3) is 0 Å². The maximum atomic E-state index is 12.6. The van der Waals surface area contributed by atoms with Crippen molar-refractivity contribution < 1.29 is 24.5 Å². The molecule has 4 aliphatic carbocycles. The second-order valence-electron chi connectivity index (χ2n) is 11.4. The predicted molar refractivity (Wildman–Crippen MR) is 121 cm³/mol. The van der Waals surface area contributed by atoms with Gasteiger partial charge in [0.2, 0.25) is 0 Å². The number of aliphatic hydroxyl groups is 1. The van der Waals surface area contributed by atoms with Gasteiger partial charge in [-0.3, -0.25) is 9.69 Å². The zero-order chi connectivity index (χ0) is 22.6. The summed E-state index contributed by atoms with van der Waals surface area (Å²) < 4.78 is 12.0. The van der Waals surface area contributed by atoms with Crippen LogP contribution in [0.2, 0.25) is 0 Å². The largest absolute Gasteiger partial charge is 0.504 e. The Morgan fingerprint density at radius 1 is 1.27 bits per heavy atom. The molecule has 2 aliphatic heterocycles. The topological polar surface area (TPSA) is 79.2 Å². The molecule has 6 heteroatoms. The molecular weight excluding hydrogens is 418 g/mol. The van der Waals surface area contributed by atoms with Gasteiger partial charge in [-0.05, 0) is 81.5 Å². The number of phenols is 1. The molecule has 6 nitrogen and oxygen atoms in total. The Morgan fingerprint density at radius 2 is 2.12 bits per heavy atom. The Morgan fingerprint density at radius 3 is 2.85 bits per heavy atom. The fourth-order valence-electron chi connectivity index (χ4n) is 8.35. The number of phenolic OH excluding ortho intramolecular Hbond substituents is 1. The molecule has 5 atom stereocenters. The zero-order valence-electron chi connectivity index (χ0n) is 19.3. The van der Waals surface area contributed by atoms with E-state index < -0.39 is 11.0 Å². The van der Waals surface area contributed by atoms with E-state index in [1.54, 1.807) is 6.07 Å². The van der Waals surface area contributed by atoms with Crippen LogP contribution in [-0.2, 0) is 21.4 Å². The number of hydrogen-bond acceptors (Lipinski definition) is 6. The third kappa shape index (κ3) is 2.44. The third-order valence-electron chi connectivity index (χ3n) is 10.1. The van der Waals surface area contributed by atoms with E-state index in [2.05, 4.69) is 17.0 Å². The predicted octanol–water partition coefficient (Wildman–Crippen LogP) is 3.23. The molecule has 3 saturated carbocycles. The number of aromatic hydroxyl groups is 1. The van der Waals surface area contributed by atoms with Gasteiger partial charge in [-0.25, -0.2) is 0 Å². The van der Waals surface area contributed by atoms with Crippen molar-refractivity contribution in [3.63, 3.8) is 0 Å². The van der Waals surface area contributed by atoms with Crippen molar-refractivity contribution in [1.29, 1.82) is 0 Å². The van der Waals surface area contributed by atoms with Gasteiger partial charge in [0, 0.05) is 30.5 Å². The number of likely N-dealkylation sites (tertiary alicyclic amines) is 1. The van der Waals surface area contributed by atoms with Crippen molar-refractivity contribution in [1.82, 2.24) is 4.90 Å². The van der Waals surface area contributed by atoms with Crippen molar-refractivity contribution >= 4 is 5.97 Å². The highest BCUT2D eigenvalue weighted by molar-refractivity contribution is 5.66. The number of rotatable bonds is 4. The Kier molecular flexibility index (Phi) is 4.03. The van der Waals surface area contributed by atoms with Crippen molar-refractivity contribution in [2.24, 2.45) is 11.3 Å². The maximum absolute atomic E-state index is 12.6. The Hall–Kier alpha value is -2.05. The molecule has 2 spiro atoms. The van der Waals surface area contributed by atoms with Crippen LogP contribution in [0, 0.1) is 11.3 Å². The fraction of sp³-hybridized carbons (Fsp3) is 0.667. The minimum absolute atomic E-state index is 0.104. The number of carbonyl (C=O) groups is 1. The highest BCUT2D eigenvalue weighted by atomic mass is 16.5. The van der Waals surface area contributed by atoms with Gasteiger partial charge in [-0.15, -0.1) is 0 Å². The van der Waals surface area contributed by atoms with Gasteiger partial charge in [0.15, 0.2) is 11.5 Å². The molecule has 0 radical (unpaired) electrons. The van der Waals surface area contributed by atoms with Gasteiger partial charge in [-0.2, -0.15) is 0 Å². The minimum atomic E-state index is -0.849. The first kappa shape index (κ1) is 20.3. The summed E-state index contributed by atoms with van der Waals surface area (Å²) in [4.78, 5) is 13.9. The van der Waals surface area contributed by atoms with Crippen LogP contribution >= 0.6 is 0 Å². The van der Waals surface area contributed by atoms with E-state index in [0.29, 0.717) is 5.75 Å². The van der Waals surface area contributed by atoms with Crippen molar-refractivity contribution in [2.45, 2.75) is 81.5 Å². The number of esters is 1. The number of piperidine rings is 1. The standard InChI is InChI=1S/C27H33NO5/c1-16(29)32-13-7-19-6-8-25(19)9-10-27(31)21-14-18-4-5-20(30)23-22(18)26(27,24(25)33-23)11-12-28(21)15-17-2-3-17/h4-5,7,17,21,24,30-31H,2-3,6,8-15H2,1H3/b19-7+/t21-,24+,25+,26+,27-/m1/s1. The summed E-state index contributed by atoms with van der Waals surface area (Å²) in [7, 11) is 0. The summed E-state index contributed by atoms with van der Waals surface area (Å²) in [6, 6.07) is 3.94. The van der Waals surface area contributed by atoms with Gasteiger partial charge >= 0.3 is 5.97 Å². The summed E-state index contributed by atoms with van der Waals surface area (Å²) >= 11 is 0. The second kappa shape index (κ2) is 6.54. The smallest absolute Gasteiger partial charge is 0.302 e. The minimum Gasteiger partial charge on any atom is -0.504 e. The Bertz CT molecular complexity index is 1080. The molecule has 7 rings (SSSR count). The fourth-order valence-corrected chi connectivity index (χ4v) is 8.35. The van der Waals surface area contributed by atoms with E-state index >= 15 is 0 Å². The lowest BCUT2D eigenvalue weighted by Crippen LogP contribution is -2.78. The van der Waals surface area contributed by atoms with Gasteiger partial charge in [0.05, 0.1) is 11.0 Å². The van der Waals surface area contributed by atoms with Crippen LogP contribution in [-0.4, -0.2) is 58.5 Å². The molecule has 1 saturated heterocycles. The van der Waals surface area contributed by atoms with Crippen molar-refractivity contribution in [3.8, 4) is 11.5 Å². The molecule has 2 N–H and O–H groups in total. The van der Waals surface area contributed by atoms with Crippen LogP contribution < -0.4 is 4.74 Å².